The molecule has 3 rings (SSSR count). The number of hydrogen-bond acceptors (Lipinski definition) is 4. The average Bonchev–Trinajstić information content (AvgIpc) is 2.71. The molecule has 0 aliphatic carbocycles. The minimum absolute atomic E-state index is 0.00913. The number of carbonyl (C=O) groups is 1. The number of aromatic nitrogens is 1. The first kappa shape index (κ1) is 20.9. The second-order valence-corrected chi connectivity index (χ2v) is 8.37. The maximum atomic E-state index is 12.5. The number of amides is 2. The standard InChI is InChI=1S/C19H16Cl2N4O3S/c20-16-4-1-5-17(18(16)21)25-29(27,28)15-8-6-14(7-9-15)24-19(26)23-12-13-3-2-10-22-11-13/h1-11,25H,12H2,(H2,23,24,26). The molecule has 0 radical (unpaired) electrons. The Bertz CT molecular complexity index is 1110. The quantitative estimate of drug-likeness (QED) is 0.514. The van der Waals surface area contributed by atoms with Gasteiger partial charge in [-0.15, -0.1) is 0 Å². The molecule has 1 aromatic heterocycles. The van der Waals surface area contributed by atoms with Gasteiger partial charge in [-0.05, 0) is 48.0 Å². The highest BCUT2D eigenvalue weighted by Crippen LogP contribution is 2.31. The number of nitrogens with zero attached hydrogens (tertiary/aromatic N) is 1. The molecule has 1 heterocycles. The van der Waals surface area contributed by atoms with Crippen molar-refractivity contribution in [3.8, 4) is 0 Å². The minimum atomic E-state index is -3.87. The van der Waals surface area contributed by atoms with Gasteiger partial charge >= 0.3 is 6.03 Å². The molecule has 0 atom stereocenters. The summed E-state index contributed by atoms with van der Waals surface area (Å²) < 4.78 is 27.5. The number of hydrogen-bond donors (Lipinski definition) is 3. The smallest absolute Gasteiger partial charge is 0.319 e. The highest BCUT2D eigenvalue weighted by molar-refractivity contribution is 7.92. The number of nitrogens with one attached hydrogen (secondary N) is 3. The lowest BCUT2D eigenvalue weighted by atomic mass is 10.3. The normalized spacial score (nSPS) is 11.0. The summed E-state index contributed by atoms with van der Waals surface area (Å²) in [5, 5.41) is 5.67. The highest BCUT2D eigenvalue weighted by Gasteiger charge is 2.17. The van der Waals surface area contributed by atoms with E-state index < -0.39 is 16.1 Å². The molecule has 0 aliphatic rings. The molecule has 150 valence electrons. The van der Waals surface area contributed by atoms with Crippen LogP contribution in [0, 0.1) is 0 Å². The van der Waals surface area contributed by atoms with E-state index in [0.29, 0.717) is 12.2 Å². The summed E-state index contributed by atoms with van der Waals surface area (Å²) in [5.41, 5.74) is 1.47. The van der Waals surface area contributed by atoms with Crippen molar-refractivity contribution in [3.05, 3.63) is 82.6 Å². The van der Waals surface area contributed by atoms with Crippen molar-refractivity contribution in [2.75, 3.05) is 10.0 Å². The molecular formula is C19H16Cl2N4O3S. The van der Waals surface area contributed by atoms with Crippen LogP contribution in [0.3, 0.4) is 0 Å². The maximum Gasteiger partial charge on any atom is 0.319 e. The van der Waals surface area contributed by atoms with Gasteiger partial charge in [0.05, 0.1) is 20.6 Å². The summed E-state index contributed by atoms with van der Waals surface area (Å²) in [5.74, 6) is 0. The molecule has 0 aliphatic heterocycles. The molecule has 3 aromatic rings. The minimum Gasteiger partial charge on any atom is -0.334 e. The molecule has 7 nitrogen and oxygen atoms in total. The Kier molecular flexibility index (Phi) is 6.58. The molecule has 10 heteroatoms. The van der Waals surface area contributed by atoms with Crippen molar-refractivity contribution >= 4 is 50.6 Å². The summed E-state index contributed by atoms with van der Waals surface area (Å²) in [7, 11) is -3.87. The predicted molar refractivity (Wildman–Crippen MR) is 114 cm³/mol. The molecule has 29 heavy (non-hydrogen) atoms. The molecule has 3 N–H and O–H groups in total. The predicted octanol–water partition coefficient (Wildman–Crippen LogP) is 4.51. The van der Waals surface area contributed by atoms with Gasteiger partial charge in [-0.1, -0.05) is 35.3 Å². The largest absolute Gasteiger partial charge is 0.334 e. The van der Waals surface area contributed by atoms with Gasteiger partial charge in [-0.3, -0.25) is 9.71 Å². The zero-order valence-electron chi connectivity index (χ0n) is 14.9. The van der Waals surface area contributed by atoms with Crippen LogP contribution in [0.5, 0.6) is 0 Å². The fourth-order valence-corrected chi connectivity index (χ4v) is 3.84. The second kappa shape index (κ2) is 9.13. The number of sulfonamides is 1. The summed E-state index contributed by atoms with van der Waals surface area (Å²) in [6.45, 7) is 0.316. The fraction of sp³-hybridized carbons (Fsp3) is 0.0526. The first-order valence-electron chi connectivity index (χ1n) is 8.36. The van der Waals surface area contributed by atoms with E-state index in [2.05, 4.69) is 20.3 Å². The number of rotatable bonds is 6. The highest BCUT2D eigenvalue weighted by atomic mass is 35.5. The van der Waals surface area contributed by atoms with E-state index in [4.69, 9.17) is 23.2 Å². The van der Waals surface area contributed by atoms with Gasteiger partial charge in [0.15, 0.2) is 0 Å². The van der Waals surface area contributed by atoms with Crippen molar-refractivity contribution in [2.45, 2.75) is 11.4 Å². The summed E-state index contributed by atoms with van der Waals surface area (Å²) in [6, 6.07) is 13.6. The molecule has 0 fully saturated rings. The number of pyridine rings is 1. The van der Waals surface area contributed by atoms with Crippen LogP contribution in [0.15, 0.2) is 71.9 Å². The third-order valence-corrected chi connectivity index (χ3v) is 5.99. The van der Waals surface area contributed by atoms with Crippen molar-refractivity contribution in [1.29, 1.82) is 0 Å². The molecule has 2 aromatic carbocycles. The number of carbonyl (C=O) groups excluding carboxylic acids is 1. The topological polar surface area (TPSA) is 100 Å². The third kappa shape index (κ3) is 5.60. The first-order chi connectivity index (χ1) is 13.8. The van der Waals surface area contributed by atoms with Gasteiger partial charge < -0.3 is 10.6 Å². The molecule has 0 spiro atoms. The van der Waals surface area contributed by atoms with Gasteiger partial charge in [0.25, 0.3) is 10.0 Å². The Hall–Kier alpha value is -2.81. The number of benzene rings is 2. The number of urea groups is 1. The molecule has 0 saturated carbocycles. The Morgan fingerprint density at radius 3 is 2.45 bits per heavy atom. The summed E-state index contributed by atoms with van der Waals surface area (Å²) in [6.07, 6.45) is 3.30. The van der Waals surface area contributed by atoms with Crippen molar-refractivity contribution in [2.24, 2.45) is 0 Å². The molecular weight excluding hydrogens is 435 g/mol. The first-order valence-corrected chi connectivity index (χ1v) is 10.6. The van der Waals surface area contributed by atoms with E-state index >= 15 is 0 Å². The van der Waals surface area contributed by atoms with Crippen LogP contribution in [0.1, 0.15) is 5.56 Å². The van der Waals surface area contributed by atoms with Crippen LogP contribution in [0.4, 0.5) is 16.2 Å². The van der Waals surface area contributed by atoms with E-state index in [9.17, 15) is 13.2 Å². The molecule has 2 amide bonds. The lowest BCUT2D eigenvalue weighted by Crippen LogP contribution is -2.28. The van der Waals surface area contributed by atoms with E-state index in [0.717, 1.165) is 5.56 Å². The summed E-state index contributed by atoms with van der Waals surface area (Å²) in [4.78, 5) is 16.0. The fourth-order valence-electron chi connectivity index (χ4n) is 2.36. The second-order valence-electron chi connectivity index (χ2n) is 5.90. The van der Waals surface area contributed by atoms with E-state index in [1.54, 1.807) is 30.6 Å². The van der Waals surface area contributed by atoms with E-state index in [1.165, 1.54) is 30.3 Å². The Labute approximate surface area is 178 Å². The zero-order chi connectivity index (χ0) is 20.9. The van der Waals surface area contributed by atoms with Crippen molar-refractivity contribution in [1.82, 2.24) is 10.3 Å². The van der Waals surface area contributed by atoms with Gasteiger partial charge in [-0.2, -0.15) is 0 Å². The average molecular weight is 451 g/mol. The van der Waals surface area contributed by atoms with Crippen LogP contribution in [0.2, 0.25) is 10.0 Å². The van der Waals surface area contributed by atoms with Crippen LogP contribution in [-0.4, -0.2) is 19.4 Å². The molecule has 0 saturated heterocycles. The van der Waals surface area contributed by atoms with Gasteiger partial charge in [0, 0.05) is 24.6 Å². The van der Waals surface area contributed by atoms with Crippen molar-refractivity contribution in [3.63, 3.8) is 0 Å². The maximum absolute atomic E-state index is 12.5. The summed E-state index contributed by atoms with van der Waals surface area (Å²) >= 11 is 11.9. The van der Waals surface area contributed by atoms with Crippen LogP contribution < -0.4 is 15.4 Å². The lowest BCUT2D eigenvalue weighted by molar-refractivity contribution is 0.251. The van der Waals surface area contributed by atoms with Gasteiger partial charge in [0.1, 0.15) is 0 Å². The molecule has 0 unspecified atom stereocenters. The van der Waals surface area contributed by atoms with Gasteiger partial charge in [-0.25, -0.2) is 13.2 Å². The van der Waals surface area contributed by atoms with Gasteiger partial charge in [0.2, 0.25) is 0 Å². The number of halogens is 2. The zero-order valence-corrected chi connectivity index (χ0v) is 17.2. The number of anilines is 2. The lowest BCUT2D eigenvalue weighted by Gasteiger charge is -2.11. The Morgan fingerprint density at radius 1 is 1.00 bits per heavy atom. The Morgan fingerprint density at radius 2 is 1.76 bits per heavy atom. The van der Waals surface area contributed by atoms with Crippen molar-refractivity contribution < 1.29 is 13.2 Å². The van der Waals surface area contributed by atoms with Crippen LogP contribution >= 0.6 is 23.2 Å². The van der Waals surface area contributed by atoms with E-state index in [-0.39, 0.29) is 20.6 Å². The van der Waals surface area contributed by atoms with Crippen LogP contribution in [0.25, 0.3) is 0 Å². The third-order valence-electron chi connectivity index (χ3n) is 3.79. The Balaban J connectivity index is 1.63. The van der Waals surface area contributed by atoms with E-state index in [1.807, 2.05) is 6.07 Å². The molecule has 0 bridgehead atoms. The monoisotopic (exact) mass is 450 g/mol. The van der Waals surface area contributed by atoms with Crippen LogP contribution in [-0.2, 0) is 16.6 Å². The SMILES string of the molecule is O=C(NCc1cccnc1)Nc1ccc(S(=O)(=O)Nc2cccc(Cl)c2Cl)cc1.